The van der Waals surface area contributed by atoms with Crippen LogP contribution in [0.3, 0.4) is 0 Å². The van der Waals surface area contributed by atoms with Gasteiger partial charge in [0.15, 0.2) is 0 Å². The average Bonchev–Trinajstić information content (AvgIpc) is 2.21. The SMILES string of the molecule is CC1CCCC(C)N1CCCCCCO. The molecule has 1 saturated heterocycles. The van der Waals surface area contributed by atoms with Crippen LogP contribution in [0.1, 0.15) is 58.8 Å². The minimum atomic E-state index is 0.358. The molecule has 90 valence electrons. The molecule has 0 aromatic rings. The summed E-state index contributed by atoms with van der Waals surface area (Å²) < 4.78 is 0. The quantitative estimate of drug-likeness (QED) is 0.686. The van der Waals surface area contributed by atoms with Crippen molar-refractivity contribution in [2.45, 2.75) is 70.9 Å². The lowest BCUT2D eigenvalue weighted by Gasteiger charge is -2.39. The van der Waals surface area contributed by atoms with E-state index in [1.54, 1.807) is 0 Å². The van der Waals surface area contributed by atoms with E-state index in [1.807, 2.05) is 0 Å². The van der Waals surface area contributed by atoms with Gasteiger partial charge in [-0.25, -0.2) is 0 Å². The highest BCUT2D eigenvalue weighted by Gasteiger charge is 2.23. The average molecular weight is 213 g/mol. The molecule has 2 atom stereocenters. The largest absolute Gasteiger partial charge is 0.396 e. The molecule has 1 heterocycles. The van der Waals surface area contributed by atoms with Gasteiger partial charge in [-0.3, -0.25) is 4.90 Å². The van der Waals surface area contributed by atoms with E-state index in [2.05, 4.69) is 18.7 Å². The second kappa shape index (κ2) is 7.24. The summed E-state index contributed by atoms with van der Waals surface area (Å²) in [5.74, 6) is 0. The van der Waals surface area contributed by atoms with Gasteiger partial charge in [0.1, 0.15) is 0 Å². The second-order valence-corrected chi connectivity index (χ2v) is 5.00. The van der Waals surface area contributed by atoms with Crippen LogP contribution in [0, 0.1) is 0 Å². The maximum absolute atomic E-state index is 8.69. The molecule has 0 aliphatic carbocycles. The van der Waals surface area contributed by atoms with E-state index in [4.69, 9.17) is 5.11 Å². The number of hydrogen-bond acceptors (Lipinski definition) is 2. The van der Waals surface area contributed by atoms with Gasteiger partial charge in [0.25, 0.3) is 0 Å². The van der Waals surface area contributed by atoms with E-state index in [-0.39, 0.29) is 0 Å². The van der Waals surface area contributed by atoms with Crippen LogP contribution in [0.2, 0.25) is 0 Å². The fourth-order valence-electron chi connectivity index (χ4n) is 2.68. The zero-order valence-electron chi connectivity index (χ0n) is 10.4. The van der Waals surface area contributed by atoms with Crippen molar-refractivity contribution >= 4 is 0 Å². The first kappa shape index (κ1) is 13.0. The molecular formula is C13H27NO. The molecule has 0 radical (unpaired) electrons. The first-order valence-corrected chi connectivity index (χ1v) is 6.62. The Morgan fingerprint density at radius 1 is 1.00 bits per heavy atom. The highest BCUT2D eigenvalue weighted by molar-refractivity contribution is 4.79. The van der Waals surface area contributed by atoms with Gasteiger partial charge in [-0.2, -0.15) is 0 Å². The van der Waals surface area contributed by atoms with Crippen molar-refractivity contribution in [3.63, 3.8) is 0 Å². The number of rotatable bonds is 6. The predicted octanol–water partition coefficient (Wildman–Crippen LogP) is 2.80. The Hall–Kier alpha value is -0.0800. The third-order valence-electron chi connectivity index (χ3n) is 3.70. The van der Waals surface area contributed by atoms with Gasteiger partial charge >= 0.3 is 0 Å². The Labute approximate surface area is 94.7 Å². The lowest BCUT2D eigenvalue weighted by atomic mass is 9.97. The minimum absolute atomic E-state index is 0.358. The Morgan fingerprint density at radius 2 is 1.60 bits per heavy atom. The highest BCUT2D eigenvalue weighted by Crippen LogP contribution is 2.22. The molecular weight excluding hydrogens is 186 g/mol. The van der Waals surface area contributed by atoms with Crippen LogP contribution in [-0.4, -0.2) is 35.2 Å². The van der Waals surface area contributed by atoms with Gasteiger partial charge < -0.3 is 5.11 Å². The second-order valence-electron chi connectivity index (χ2n) is 5.00. The summed E-state index contributed by atoms with van der Waals surface area (Å²) in [4.78, 5) is 2.67. The van der Waals surface area contributed by atoms with E-state index in [0.29, 0.717) is 6.61 Å². The number of aliphatic hydroxyl groups excluding tert-OH is 1. The molecule has 15 heavy (non-hydrogen) atoms. The van der Waals surface area contributed by atoms with Crippen molar-refractivity contribution in [2.75, 3.05) is 13.2 Å². The van der Waals surface area contributed by atoms with Crippen LogP contribution in [-0.2, 0) is 0 Å². The van der Waals surface area contributed by atoms with Gasteiger partial charge in [0, 0.05) is 18.7 Å². The molecule has 0 spiro atoms. The highest BCUT2D eigenvalue weighted by atomic mass is 16.2. The van der Waals surface area contributed by atoms with Crippen LogP contribution in [0.4, 0.5) is 0 Å². The summed E-state index contributed by atoms with van der Waals surface area (Å²) in [6.07, 6.45) is 8.90. The molecule has 2 unspecified atom stereocenters. The van der Waals surface area contributed by atoms with E-state index >= 15 is 0 Å². The summed E-state index contributed by atoms with van der Waals surface area (Å²) >= 11 is 0. The lowest BCUT2D eigenvalue weighted by molar-refractivity contribution is 0.101. The molecule has 1 fully saturated rings. The Morgan fingerprint density at radius 3 is 2.20 bits per heavy atom. The van der Waals surface area contributed by atoms with Crippen LogP contribution < -0.4 is 0 Å². The zero-order valence-corrected chi connectivity index (χ0v) is 10.4. The molecule has 0 aromatic carbocycles. The van der Waals surface area contributed by atoms with E-state index in [0.717, 1.165) is 18.5 Å². The molecule has 2 nitrogen and oxygen atoms in total. The summed E-state index contributed by atoms with van der Waals surface area (Å²) in [6, 6.07) is 1.57. The first-order chi connectivity index (χ1) is 7.25. The topological polar surface area (TPSA) is 23.5 Å². The van der Waals surface area contributed by atoms with Crippen molar-refractivity contribution in [3.8, 4) is 0 Å². The van der Waals surface area contributed by atoms with Gasteiger partial charge in [-0.1, -0.05) is 19.3 Å². The minimum Gasteiger partial charge on any atom is -0.396 e. The van der Waals surface area contributed by atoms with E-state index < -0.39 is 0 Å². The molecule has 2 heteroatoms. The molecule has 1 aliphatic heterocycles. The summed E-state index contributed by atoms with van der Waals surface area (Å²) in [6.45, 7) is 6.34. The van der Waals surface area contributed by atoms with Crippen LogP contribution in [0.25, 0.3) is 0 Å². The van der Waals surface area contributed by atoms with Crippen molar-refractivity contribution in [2.24, 2.45) is 0 Å². The number of likely N-dealkylation sites (tertiary alicyclic amines) is 1. The van der Waals surface area contributed by atoms with Crippen LogP contribution >= 0.6 is 0 Å². The molecule has 0 saturated carbocycles. The van der Waals surface area contributed by atoms with Crippen molar-refractivity contribution in [1.29, 1.82) is 0 Å². The van der Waals surface area contributed by atoms with Crippen molar-refractivity contribution in [1.82, 2.24) is 4.90 Å². The molecule has 0 bridgehead atoms. The molecule has 1 rings (SSSR count). The number of hydrogen-bond donors (Lipinski definition) is 1. The molecule has 1 aliphatic rings. The monoisotopic (exact) mass is 213 g/mol. The molecule has 1 N–H and O–H groups in total. The number of piperidine rings is 1. The first-order valence-electron chi connectivity index (χ1n) is 6.62. The third kappa shape index (κ3) is 4.52. The van der Waals surface area contributed by atoms with Gasteiger partial charge in [0.2, 0.25) is 0 Å². The smallest absolute Gasteiger partial charge is 0.0431 e. The Bertz CT molecular complexity index is 151. The number of unbranched alkanes of at least 4 members (excludes halogenated alkanes) is 3. The van der Waals surface area contributed by atoms with Crippen LogP contribution in [0.5, 0.6) is 0 Å². The molecule has 0 amide bonds. The van der Waals surface area contributed by atoms with E-state index in [1.165, 1.54) is 45.1 Å². The predicted molar refractivity (Wildman–Crippen MR) is 65.0 cm³/mol. The lowest BCUT2D eigenvalue weighted by Crippen LogP contribution is -2.44. The van der Waals surface area contributed by atoms with Crippen molar-refractivity contribution in [3.05, 3.63) is 0 Å². The van der Waals surface area contributed by atoms with E-state index in [9.17, 15) is 0 Å². The fourth-order valence-corrected chi connectivity index (χ4v) is 2.68. The van der Waals surface area contributed by atoms with Crippen molar-refractivity contribution < 1.29 is 5.11 Å². The number of nitrogens with zero attached hydrogens (tertiary/aromatic N) is 1. The Kier molecular flexibility index (Phi) is 6.26. The van der Waals surface area contributed by atoms with Gasteiger partial charge in [-0.15, -0.1) is 0 Å². The normalized spacial score (nSPS) is 28.2. The standard InChI is InChI=1S/C13H27NO/c1-12-8-7-9-13(2)14(12)10-5-3-4-6-11-15/h12-13,15H,3-11H2,1-2H3. The summed E-state index contributed by atoms with van der Waals surface area (Å²) in [5.41, 5.74) is 0. The number of aliphatic hydroxyl groups is 1. The van der Waals surface area contributed by atoms with Gasteiger partial charge in [0.05, 0.1) is 0 Å². The summed E-state index contributed by atoms with van der Waals surface area (Å²) in [5, 5.41) is 8.69. The Balaban J connectivity index is 2.12. The van der Waals surface area contributed by atoms with Crippen LogP contribution in [0.15, 0.2) is 0 Å². The maximum atomic E-state index is 8.69. The van der Waals surface area contributed by atoms with Gasteiger partial charge in [-0.05, 0) is 46.1 Å². The molecule has 0 aromatic heterocycles. The fraction of sp³-hybridized carbons (Fsp3) is 1.00. The summed E-state index contributed by atoms with van der Waals surface area (Å²) in [7, 11) is 0. The third-order valence-corrected chi connectivity index (χ3v) is 3.70. The zero-order chi connectivity index (χ0) is 11.1. The maximum Gasteiger partial charge on any atom is 0.0431 e.